The molecule has 0 spiro atoms. The van der Waals surface area contributed by atoms with Gasteiger partial charge in [0.15, 0.2) is 0 Å². The minimum Gasteiger partial charge on any atom is -0.480 e. The number of hydrogen-bond acceptors (Lipinski definition) is 5. The molecule has 0 rings (SSSR count). The predicted molar refractivity (Wildman–Crippen MR) is 67.7 cm³/mol. The Morgan fingerprint density at radius 3 is 2.16 bits per heavy atom. The highest BCUT2D eigenvalue weighted by atomic mass is 32.2. The average Bonchev–Trinajstić information content (AvgIpc) is 2.22. The van der Waals surface area contributed by atoms with Crippen molar-refractivity contribution in [3.63, 3.8) is 0 Å². The Morgan fingerprint density at radius 2 is 1.79 bits per heavy atom. The van der Waals surface area contributed by atoms with Gasteiger partial charge in [-0.1, -0.05) is 20.3 Å². The smallest absolute Gasteiger partial charge is 0.422 e. The molecule has 112 valence electrons. The van der Waals surface area contributed by atoms with Gasteiger partial charge < -0.3 is 9.84 Å². The van der Waals surface area contributed by atoms with E-state index < -0.39 is 40.3 Å². The van der Waals surface area contributed by atoms with Gasteiger partial charge in [-0.25, -0.2) is 9.52 Å². The summed E-state index contributed by atoms with van der Waals surface area (Å²) in [6.45, 7) is 6.43. The fourth-order valence-electron chi connectivity index (χ4n) is 1.19. The standard InChI is InChI=1S/C10H20N2O6S/c1-5-7(4)8(9(13)14)11-19(16,17)12-10(15)18-6(2)3/h6-8,11H,5H2,1-4H3,(H,12,15)(H,13,14). The summed E-state index contributed by atoms with van der Waals surface area (Å²) in [5.41, 5.74) is 0. The number of carboxylic acids is 1. The molecule has 0 aliphatic rings. The second kappa shape index (κ2) is 7.29. The molecule has 0 bridgehead atoms. The lowest BCUT2D eigenvalue weighted by molar-refractivity contribution is -0.140. The molecular weight excluding hydrogens is 276 g/mol. The first-order valence-corrected chi connectivity index (χ1v) is 7.30. The van der Waals surface area contributed by atoms with Crippen molar-refractivity contribution >= 4 is 22.3 Å². The molecule has 0 aliphatic heterocycles. The highest BCUT2D eigenvalue weighted by Gasteiger charge is 2.29. The van der Waals surface area contributed by atoms with Crippen LogP contribution in [-0.4, -0.2) is 37.7 Å². The SMILES string of the molecule is CCC(C)C(NS(=O)(=O)NC(=O)OC(C)C)C(=O)O. The maximum Gasteiger partial charge on any atom is 0.422 e. The molecule has 0 heterocycles. The summed E-state index contributed by atoms with van der Waals surface area (Å²) < 4.78 is 31.2. The Balaban J connectivity index is 4.74. The molecule has 8 nitrogen and oxygen atoms in total. The molecule has 0 aromatic rings. The van der Waals surface area contributed by atoms with Gasteiger partial charge in [-0.05, 0) is 19.8 Å². The van der Waals surface area contributed by atoms with E-state index in [9.17, 15) is 18.0 Å². The van der Waals surface area contributed by atoms with E-state index >= 15 is 0 Å². The van der Waals surface area contributed by atoms with Crippen LogP contribution < -0.4 is 9.44 Å². The summed E-state index contributed by atoms with van der Waals surface area (Å²) in [5, 5.41) is 8.95. The molecule has 0 fully saturated rings. The van der Waals surface area contributed by atoms with Crippen LogP contribution in [0.1, 0.15) is 34.1 Å². The van der Waals surface area contributed by atoms with E-state index in [1.165, 1.54) is 0 Å². The third kappa shape index (κ3) is 6.97. The highest BCUT2D eigenvalue weighted by molar-refractivity contribution is 7.88. The predicted octanol–water partition coefficient (Wildman–Crippen LogP) is 0.455. The van der Waals surface area contributed by atoms with Crippen LogP contribution in [-0.2, 0) is 19.7 Å². The molecule has 0 saturated heterocycles. The lowest BCUT2D eigenvalue weighted by atomic mass is 10.0. The van der Waals surface area contributed by atoms with Gasteiger partial charge in [0.05, 0.1) is 6.10 Å². The number of carbonyl (C=O) groups excluding carboxylic acids is 1. The Hall–Kier alpha value is -1.35. The topological polar surface area (TPSA) is 122 Å². The average molecular weight is 296 g/mol. The molecule has 19 heavy (non-hydrogen) atoms. The first kappa shape index (κ1) is 17.6. The zero-order chi connectivity index (χ0) is 15.2. The van der Waals surface area contributed by atoms with Crippen molar-refractivity contribution in [2.45, 2.75) is 46.3 Å². The number of rotatable bonds is 7. The van der Waals surface area contributed by atoms with E-state index in [4.69, 9.17) is 5.11 Å². The van der Waals surface area contributed by atoms with Gasteiger partial charge in [-0.3, -0.25) is 4.79 Å². The van der Waals surface area contributed by atoms with E-state index in [0.29, 0.717) is 6.42 Å². The Morgan fingerprint density at radius 1 is 1.26 bits per heavy atom. The van der Waals surface area contributed by atoms with Crippen LogP contribution in [0, 0.1) is 5.92 Å². The van der Waals surface area contributed by atoms with E-state index in [1.54, 1.807) is 32.4 Å². The summed E-state index contributed by atoms with van der Waals surface area (Å²) in [5.74, 6) is -1.73. The van der Waals surface area contributed by atoms with Crippen molar-refractivity contribution in [1.82, 2.24) is 9.44 Å². The maximum atomic E-state index is 11.6. The Labute approximate surface area is 112 Å². The van der Waals surface area contributed by atoms with Gasteiger partial charge in [0.25, 0.3) is 0 Å². The summed E-state index contributed by atoms with van der Waals surface area (Å²) in [7, 11) is -4.28. The second-order valence-corrected chi connectivity index (χ2v) is 5.83. The molecule has 9 heteroatoms. The van der Waals surface area contributed by atoms with Crippen molar-refractivity contribution in [3.8, 4) is 0 Å². The van der Waals surface area contributed by atoms with Gasteiger partial charge in [0.1, 0.15) is 6.04 Å². The van der Waals surface area contributed by atoms with Crippen LogP contribution in [0.15, 0.2) is 0 Å². The van der Waals surface area contributed by atoms with Crippen molar-refractivity contribution in [2.75, 3.05) is 0 Å². The fourth-order valence-corrected chi connectivity index (χ4v) is 2.18. The number of amides is 1. The Kier molecular flexibility index (Phi) is 6.77. The van der Waals surface area contributed by atoms with Crippen LogP contribution in [0.25, 0.3) is 0 Å². The van der Waals surface area contributed by atoms with Gasteiger partial charge in [-0.2, -0.15) is 13.1 Å². The monoisotopic (exact) mass is 296 g/mol. The molecule has 0 radical (unpaired) electrons. The number of carboxylic acid groups (broad SMARTS) is 1. The molecule has 2 unspecified atom stereocenters. The third-order valence-electron chi connectivity index (χ3n) is 2.32. The number of carbonyl (C=O) groups is 2. The van der Waals surface area contributed by atoms with Gasteiger partial charge in [0.2, 0.25) is 0 Å². The first-order chi connectivity index (χ1) is 8.59. The van der Waals surface area contributed by atoms with Crippen LogP contribution in [0.2, 0.25) is 0 Å². The molecule has 0 aromatic heterocycles. The molecule has 0 saturated carbocycles. The number of nitrogens with one attached hydrogen (secondary N) is 2. The van der Waals surface area contributed by atoms with Crippen LogP contribution in [0.4, 0.5) is 4.79 Å². The van der Waals surface area contributed by atoms with Crippen molar-refractivity contribution < 1.29 is 27.9 Å². The zero-order valence-corrected chi connectivity index (χ0v) is 12.2. The minimum atomic E-state index is -4.28. The third-order valence-corrected chi connectivity index (χ3v) is 3.32. The second-order valence-electron chi connectivity index (χ2n) is 4.38. The van der Waals surface area contributed by atoms with Crippen molar-refractivity contribution in [2.24, 2.45) is 5.92 Å². The fraction of sp³-hybridized carbons (Fsp3) is 0.800. The summed E-state index contributed by atoms with van der Waals surface area (Å²) >= 11 is 0. The van der Waals surface area contributed by atoms with Crippen LogP contribution in [0.5, 0.6) is 0 Å². The summed E-state index contributed by atoms with van der Waals surface area (Å²) in [6.07, 6.45) is -1.17. The molecule has 0 aromatic carbocycles. The molecule has 2 atom stereocenters. The van der Waals surface area contributed by atoms with Crippen LogP contribution in [0.3, 0.4) is 0 Å². The van der Waals surface area contributed by atoms with E-state index in [0.717, 1.165) is 0 Å². The summed E-state index contributed by atoms with van der Waals surface area (Å²) in [6, 6.07) is -1.31. The molecule has 1 amide bonds. The molecule has 3 N–H and O–H groups in total. The van der Waals surface area contributed by atoms with Gasteiger partial charge >= 0.3 is 22.3 Å². The van der Waals surface area contributed by atoms with E-state index in [2.05, 4.69) is 4.74 Å². The van der Waals surface area contributed by atoms with E-state index in [-0.39, 0.29) is 0 Å². The Bertz CT molecular complexity index is 420. The number of hydrogen-bond donors (Lipinski definition) is 3. The first-order valence-electron chi connectivity index (χ1n) is 5.82. The number of ether oxygens (including phenoxy) is 1. The van der Waals surface area contributed by atoms with Crippen molar-refractivity contribution in [1.29, 1.82) is 0 Å². The van der Waals surface area contributed by atoms with Gasteiger partial charge in [-0.15, -0.1) is 0 Å². The largest absolute Gasteiger partial charge is 0.480 e. The lowest BCUT2D eigenvalue weighted by Gasteiger charge is -2.20. The lowest BCUT2D eigenvalue weighted by Crippen LogP contribution is -2.51. The highest BCUT2D eigenvalue weighted by Crippen LogP contribution is 2.08. The minimum absolute atomic E-state index is 0.421. The maximum absolute atomic E-state index is 11.6. The van der Waals surface area contributed by atoms with E-state index in [1.807, 2.05) is 4.72 Å². The van der Waals surface area contributed by atoms with Crippen LogP contribution >= 0.6 is 0 Å². The zero-order valence-electron chi connectivity index (χ0n) is 11.3. The summed E-state index contributed by atoms with van der Waals surface area (Å²) in [4.78, 5) is 22.1. The normalized spacial score (nSPS) is 14.8. The molecule has 0 aliphatic carbocycles. The van der Waals surface area contributed by atoms with Gasteiger partial charge in [0, 0.05) is 0 Å². The molecular formula is C10H20N2O6S. The quantitative estimate of drug-likeness (QED) is 0.627. The number of aliphatic carboxylic acids is 1. The van der Waals surface area contributed by atoms with Crippen molar-refractivity contribution in [3.05, 3.63) is 0 Å².